The molecule has 2 aromatic rings. The third-order valence-electron chi connectivity index (χ3n) is 3.22. The largest absolute Gasteiger partial charge is 0.318 e. The van der Waals surface area contributed by atoms with Crippen molar-refractivity contribution in [2.45, 2.75) is 33.2 Å². The molecule has 1 aromatic carbocycles. The smallest absolute Gasteiger partial charge is 0.290 e. The molecule has 0 radical (unpaired) electrons. The maximum absolute atomic E-state index is 13.7. The number of hydrogen-bond acceptors (Lipinski definition) is 1. The van der Waals surface area contributed by atoms with Gasteiger partial charge in [-0.1, -0.05) is 19.4 Å². The first-order valence-corrected chi connectivity index (χ1v) is 7.12. The van der Waals surface area contributed by atoms with Crippen LogP contribution in [0.3, 0.4) is 0 Å². The highest BCUT2D eigenvalue weighted by Crippen LogP contribution is 2.14. The molecule has 4 heteroatoms. The average Bonchev–Trinajstić information content (AvgIpc) is 2.44. The van der Waals surface area contributed by atoms with Crippen molar-refractivity contribution in [1.29, 1.82) is 0 Å². The summed E-state index contributed by atoms with van der Waals surface area (Å²) in [5.74, 6) is -0.655. The fourth-order valence-corrected chi connectivity index (χ4v) is 2.13. The molecular weight excluding hydrogens is 267 g/mol. The number of aryl methyl sites for hydroxylation is 2. The second-order valence-electron chi connectivity index (χ2n) is 5.16. The van der Waals surface area contributed by atoms with Crippen molar-refractivity contribution in [3.05, 3.63) is 59.7 Å². The highest BCUT2D eigenvalue weighted by Gasteiger charge is 2.12. The van der Waals surface area contributed by atoms with Crippen LogP contribution in [0, 0.1) is 12.7 Å². The Hall–Kier alpha value is -2.23. The number of pyridine rings is 1. The van der Waals surface area contributed by atoms with E-state index in [2.05, 4.69) is 12.2 Å². The topological polar surface area (TPSA) is 33.0 Å². The van der Waals surface area contributed by atoms with E-state index in [1.807, 2.05) is 31.5 Å². The molecule has 0 spiro atoms. The molecule has 0 unspecified atom stereocenters. The molecule has 0 saturated carbocycles. The lowest BCUT2D eigenvalue weighted by atomic mass is 10.1. The summed E-state index contributed by atoms with van der Waals surface area (Å²) in [5.41, 5.74) is 2.29. The van der Waals surface area contributed by atoms with Crippen LogP contribution in [0.25, 0.3) is 0 Å². The normalized spacial score (nSPS) is 10.4. The molecule has 0 fully saturated rings. The third kappa shape index (κ3) is 4.38. The van der Waals surface area contributed by atoms with Crippen LogP contribution in [-0.2, 0) is 17.8 Å². The number of carbonyl (C=O) groups is 1. The predicted molar refractivity (Wildman–Crippen MR) is 80.4 cm³/mol. The lowest BCUT2D eigenvalue weighted by Gasteiger charge is -2.05. The van der Waals surface area contributed by atoms with Crippen LogP contribution >= 0.6 is 0 Å². The van der Waals surface area contributed by atoms with Crippen molar-refractivity contribution in [2.24, 2.45) is 0 Å². The Balaban J connectivity index is 1.98. The van der Waals surface area contributed by atoms with Crippen molar-refractivity contribution in [3.8, 4) is 0 Å². The fourth-order valence-electron chi connectivity index (χ4n) is 2.13. The molecule has 0 saturated heterocycles. The molecule has 0 aliphatic heterocycles. The monoisotopic (exact) mass is 287 g/mol. The second kappa shape index (κ2) is 6.97. The van der Waals surface area contributed by atoms with E-state index < -0.39 is 5.82 Å². The number of nitrogens with one attached hydrogen (secondary N) is 1. The Morgan fingerprint density at radius 2 is 1.95 bits per heavy atom. The van der Waals surface area contributed by atoms with Gasteiger partial charge in [0.1, 0.15) is 5.82 Å². The summed E-state index contributed by atoms with van der Waals surface area (Å²) in [5, 5.41) is 2.59. The molecule has 21 heavy (non-hydrogen) atoms. The fraction of sp³-hybridized carbons (Fsp3) is 0.294. The Morgan fingerprint density at radius 3 is 2.57 bits per heavy atom. The van der Waals surface area contributed by atoms with Gasteiger partial charge in [-0.3, -0.25) is 4.79 Å². The van der Waals surface area contributed by atoms with Gasteiger partial charge in [-0.05, 0) is 36.6 Å². The quantitative estimate of drug-likeness (QED) is 0.843. The van der Waals surface area contributed by atoms with Gasteiger partial charge >= 0.3 is 0 Å². The van der Waals surface area contributed by atoms with Gasteiger partial charge in [-0.15, -0.1) is 0 Å². The first-order chi connectivity index (χ1) is 10.1. The van der Waals surface area contributed by atoms with Crippen molar-refractivity contribution >= 4 is 11.6 Å². The maximum Gasteiger partial charge on any atom is 0.290 e. The first-order valence-electron chi connectivity index (χ1n) is 7.12. The molecule has 1 aromatic heterocycles. The zero-order chi connectivity index (χ0) is 15.2. The van der Waals surface area contributed by atoms with E-state index in [0.29, 0.717) is 0 Å². The van der Waals surface area contributed by atoms with Crippen molar-refractivity contribution in [3.63, 3.8) is 0 Å². The van der Waals surface area contributed by atoms with Crippen LogP contribution in [0.2, 0.25) is 0 Å². The van der Waals surface area contributed by atoms with Gasteiger partial charge in [0.2, 0.25) is 6.54 Å². The summed E-state index contributed by atoms with van der Waals surface area (Å²) in [6, 6.07) is 8.76. The van der Waals surface area contributed by atoms with E-state index in [9.17, 15) is 9.18 Å². The zero-order valence-corrected chi connectivity index (χ0v) is 12.4. The Bertz CT molecular complexity index is 623. The van der Waals surface area contributed by atoms with Gasteiger partial charge in [0.05, 0.1) is 5.69 Å². The minimum atomic E-state index is -0.411. The number of anilines is 1. The van der Waals surface area contributed by atoms with Crippen molar-refractivity contribution in [2.75, 3.05) is 5.32 Å². The molecular formula is C17H20FN2O+. The van der Waals surface area contributed by atoms with Gasteiger partial charge in [0.25, 0.3) is 5.91 Å². The van der Waals surface area contributed by atoms with Gasteiger partial charge < -0.3 is 5.32 Å². The molecule has 0 bridgehead atoms. The molecule has 0 aliphatic rings. The Labute approximate surface area is 124 Å². The minimum absolute atomic E-state index is 0.166. The van der Waals surface area contributed by atoms with Crippen LogP contribution in [0.15, 0.2) is 42.7 Å². The molecule has 0 aliphatic carbocycles. The molecule has 3 nitrogen and oxygen atoms in total. The standard InChI is InChI=1S/C17H19FN2O/c1-3-4-14-7-9-20(10-8-14)12-17(21)19-16-6-5-13(2)11-15(16)18/h5-11H,3-4,12H2,1-2H3/p+1. The Morgan fingerprint density at radius 1 is 1.24 bits per heavy atom. The van der Waals surface area contributed by atoms with E-state index in [1.54, 1.807) is 16.7 Å². The van der Waals surface area contributed by atoms with Crippen LogP contribution in [0.5, 0.6) is 0 Å². The molecule has 110 valence electrons. The van der Waals surface area contributed by atoms with Crippen molar-refractivity contribution < 1.29 is 13.8 Å². The number of aromatic nitrogens is 1. The Kier molecular flexibility index (Phi) is 5.04. The van der Waals surface area contributed by atoms with E-state index in [1.165, 1.54) is 11.6 Å². The number of hydrogen-bond donors (Lipinski definition) is 1. The lowest BCUT2D eigenvalue weighted by Crippen LogP contribution is -2.39. The summed E-state index contributed by atoms with van der Waals surface area (Å²) < 4.78 is 15.4. The predicted octanol–water partition coefficient (Wildman–Crippen LogP) is 3.01. The first kappa shape index (κ1) is 15.2. The van der Waals surface area contributed by atoms with Crippen LogP contribution in [0.1, 0.15) is 24.5 Å². The highest BCUT2D eigenvalue weighted by molar-refractivity contribution is 5.89. The van der Waals surface area contributed by atoms with E-state index in [-0.39, 0.29) is 18.1 Å². The van der Waals surface area contributed by atoms with E-state index in [0.717, 1.165) is 18.4 Å². The lowest BCUT2D eigenvalue weighted by molar-refractivity contribution is -0.684. The summed E-state index contributed by atoms with van der Waals surface area (Å²) in [7, 11) is 0. The van der Waals surface area contributed by atoms with E-state index in [4.69, 9.17) is 0 Å². The number of halogens is 1. The summed E-state index contributed by atoms with van der Waals surface area (Å²) in [6.45, 7) is 4.10. The number of benzene rings is 1. The molecule has 1 N–H and O–H groups in total. The van der Waals surface area contributed by atoms with Gasteiger partial charge in [-0.2, -0.15) is 4.57 Å². The molecule has 1 amide bonds. The SMILES string of the molecule is CCCc1cc[n+](CC(=O)Nc2ccc(C)cc2F)cc1. The van der Waals surface area contributed by atoms with Crippen LogP contribution in [-0.4, -0.2) is 5.91 Å². The van der Waals surface area contributed by atoms with Crippen molar-refractivity contribution in [1.82, 2.24) is 0 Å². The van der Waals surface area contributed by atoms with Gasteiger partial charge in [0.15, 0.2) is 12.4 Å². The zero-order valence-electron chi connectivity index (χ0n) is 12.4. The van der Waals surface area contributed by atoms with E-state index >= 15 is 0 Å². The number of amides is 1. The number of nitrogens with zero attached hydrogens (tertiary/aromatic N) is 1. The molecule has 1 heterocycles. The highest BCUT2D eigenvalue weighted by atomic mass is 19.1. The van der Waals surface area contributed by atoms with Gasteiger partial charge in [-0.25, -0.2) is 4.39 Å². The summed E-state index contributed by atoms with van der Waals surface area (Å²) in [6.07, 6.45) is 5.87. The van der Waals surface area contributed by atoms with Crippen LogP contribution in [0.4, 0.5) is 10.1 Å². The van der Waals surface area contributed by atoms with Gasteiger partial charge in [0, 0.05) is 12.1 Å². The summed E-state index contributed by atoms with van der Waals surface area (Å²) >= 11 is 0. The average molecular weight is 287 g/mol. The maximum atomic E-state index is 13.7. The minimum Gasteiger partial charge on any atom is -0.318 e. The number of rotatable bonds is 5. The molecule has 2 rings (SSSR count). The molecule has 0 atom stereocenters. The third-order valence-corrected chi connectivity index (χ3v) is 3.22. The second-order valence-corrected chi connectivity index (χ2v) is 5.16. The summed E-state index contributed by atoms with van der Waals surface area (Å²) in [4.78, 5) is 11.9. The number of carbonyl (C=O) groups excluding carboxylic acids is 1. The van der Waals surface area contributed by atoms with Crippen LogP contribution < -0.4 is 9.88 Å².